The van der Waals surface area contributed by atoms with E-state index in [1.807, 2.05) is 46.9 Å². The van der Waals surface area contributed by atoms with Gasteiger partial charge in [-0.25, -0.2) is 14.4 Å². The van der Waals surface area contributed by atoms with E-state index in [4.69, 9.17) is 4.74 Å². The van der Waals surface area contributed by atoms with Gasteiger partial charge in [-0.1, -0.05) is 0 Å². The lowest BCUT2D eigenvalue weighted by Crippen LogP contribution is -2.33. The third-order valence-electron chi connectivity index (χ3n) is 4.97. The summed E-state index contributed by atoms with van der Waals surface area (Å²) in [6.07, 6.45) is 2.45. The summed E-state index contributed by atoms with van der Waals surface area (Å²) in [7, 11) is 0. The number of hydrogen-bond donors (Lipinski definition) is 3. The molecule has 1 unspecified atom stereocenters. The monoisotopic (exact) mass is 408 g/mol. The van der Waals surface area contributed by atoms with E-state index < -0.39 is 12.0 Å². The summed E-state index contributed by atoms with van der Waals surface area (Å²) in [6.45, 7) is 9.44. The summed E-state index contributed by atoms with van der Waals surface area (Å²) in [4.78, 5) is 12.2. The number of aliphatic hydroxyl groups excluding tert-OH is 1. The molecule has 0 bridgehead atoms. The zero-order chi connectivity index (χ0) is 21.6. The van der Waals surface area contributed by atoms with Crippen LogP contribution in [0.15, 0.2) is 36.7 Å². The summed E-state index contributed by atoms with van der Waals surface area (Å²) in [5.74, 6) is -0.283. The lowest BCUT2D eigenvalue weighted by atomic mass is 10.0. The molecular weight excluding hydrogens is 383 g/mol. The van der Waals surface area contributed by atoms with Crippen molar-refractivity contribution < 1.29 is 14.2 Å². The van der Waals surface area contributed by atoms with Crippen molar-refractivity contribution in [1.82, 2.24) is 15.0 Å². The van der Waals surface area contributed by atoms with E-state index in [0.717, 1.165) is 38.7 Å². The topological polar surface area (TPSA) is 83.1 Å². The average Bonchev–Trinajstić information content (AvgIpc) is 3.06. The number of aryl methyl sites for hydroxylation is 2. The van der Waals surface area contributed by atoms with Crippen molar-refractivity contribution in [2.45, 2.75) is 46.6 Å². The maximum absolute atomic E-state index is 13.5. The highest BCUT2D eigenvalue weighted by molar-refractivity contribution is 5.98. The van der Waals surface area contributed by atoms with Crippen molar-refractivity contribution >= 4 is 27.6 Å². The van der Waals surface area contributed by atoms with Gasteiger partial charge in [0.15, 0.2) is 5.65 Å². The summed E-state index contributed by atoms with van der Waals surface area (Å²) >= 11 is 0. The van der Waals surface area contributed by atoms with Gasteiger partial charge in [-0.2, -0.15) is 0 Å². The second kappa shape index (κ2) is 7.34. The largest absolute Gasteiger partial charge is 0.360 e. The van der Waals surface area contributed by atoms with Gasteiger partial charge in [0.1, 0.15) is 5.82 Å². The third kappa shape index (κ3) is 3.86. The second-order valence-electron chi connectivity index (χ2n) is 8.41. The smallest absolute Gasteiger partial charge is 0.235 e. The van der Waals surface area contributed by atoms with E-state index >= 15 is 0 Å². The highest BCUT2D eigenvalue weighted by atomic mass is 19.1. The number of rotatable bonds is 4. The van der Waals surface area contributed by atoms with Crippen LogP contribution in [0.25, 0.3) is 33.1 Å². The van der Waals surface area contributed by atoms with E-state index in [9.17, 15) is 9.50 Å². The van der Waals surface area contributed by atoms with Gasteiger partial charge in [-0.15, -0.1) is 0 Å². The number of nitrogens with zero attached hydrogens (tertiary/aromatic N) is 2. The molecular formula is C23H25FN4O2. The molecule has 1 atom stereocenters. The van der Waals surface area contributed by atoms with Gasteiger partial charge in [0, 0.05) is 39.8 Å². The van der Waals surface area contributed by atoms with Crippen molar-refractivity contribution in [1.29, 1.82) is 0 Å². The number of pyridine rings is 2. The van der Waals surface area contributed by atoms with Crippen molar-refractivity contribution in [3.63, 3.8) is 0 Å². The number of halogens is 1. The first-order valence-electron chi connectivity index (χ1n) is 9.79. The molecule has 6 nitrogen and oxygen atoms in total. The van der Waals surface area contributed by atoms with E-state index in [0.29, 0.717) is 11.3 Å². The molecule has 0 amide bonds. The molecule has 0 saturated carbocycles. The van der Waals surface area contributed by atoms with Crippen LogP contribution in [-0.4, -0.2) is 32.1 Å². The Morgan fingerprint density at radius 3 is 2.67 bits per heavy atom. The van der Waals surface area contributed by atoms with Crippen molar-refractivity contribution in [3.8, 4) is 11.1 Å². The molecule has 0 saturated heterocycles. The molecule has 7 heteroatoms. The summed E-state index contributed by atoms with van der Waals surface area (Å²) < 4.78 is 19.1. The van der Waals surface area contributed by atoms with Gasteiger partial charge < -0.3 is 20.1 Å². The normalized spacial score (nSPS) is 13.2. The fraction of sp³-hybridized carbons (Fsp3) is 0.304. The molecule has 4 rings (SSSR count). The highest BCUT2D eigenvalue weighted by Gasteiger charge is 2.19. The molecule has 3 heterocycles. The first-order valence-corrected chi connectivity index (χ1v) is 9.79. The molecule has 0 aliphatic heterocycles. The minimum atomic E-state index is -1.17. The molecule has 156 valence electrons. The third-order valence-corrected chi connectivity index (χ3v) is 4.97. The Morgan fingerprint density at radius 1 is 1.17 bits per heavy atom. The summed E-state index contributed by atoms with van der Waals surface area (Å²) in [5.41, 5.74) is 5.02. The van der Waals surface area contributed by atoms with Crippen molar-refractivity contribution in [2.24, 2.45) is 0 Å². The van der Waals surface area contributed by atoms with Crippen LogP contribution in [0.4, 0.5) is 10.1 Å². The lowest BCUT2D eigenvalue weighted by molar-refractivity contribution is -0.148. The molecule has 3 N–H and O–H groups in total. The lowest BCUT2D eigenvalue weighted by Gasteiger charge is -2.26. The Balaban J connectivity index is 1.78. The van der Waals surface area contributed by atoms with Crippen LogP contribution in [0.5, 0.6) is 0 Å². The van der Waals surface area contributed by atoms with Crippen LogP contribution in [-0.2, 0) is 4.74 Å². The van der Waals surface area contributed by atoms with Crippen LogP contribution in [0.1, 0.15) is 32.0 Å². The van der Waals surface area contributed by atoms with E-state index in [1.165, 1.54) is 12.1 Å². The summed E-state index contributed by atoms with van der Waals surface area (Å²) in [6, 6.07) is 6.69. The maximum Gasteiger partial charge on any atom is 0.235 e. The predicted molar refractivity (Wildman–Crippen MR) is 117 cm³/mol. The first-order chi connectivity index (χ1) is 14.1. The van der Waals surface area contributed by atoms with Gasteiger partial charge in [0.25, 0.3) is 0 Å². The second-order valence-corrected chi connectivity index (χ2v) is 8.41. The number of benzene rings is 1. The Bertz CT molecular complexity index is 1240. The highest BCUT2D eigenvalue weighted by Crippen LogP contribution is 2.33. The fourth-order valence-electron chi connectivity index (χ4n) is 3.63. The molecule has 3 aromatic heterocycles. The molecule has 1 aromatic carbocycles. The van der Waals surface area contributed by atoms with Gasteiger partial charge in [-0.3, -0.25) is 0 Å². The van der Waals surface area contributed by atoms with Crippen LogP contribution >= 0.6 is 0 Å². The van der Waals surface area contributed by atoms with Crippen LogP contribution in [0.2, 0.25) is 0 Å². The molecule has 0 aliphatic carbocycles. The quantitative estimate of drug-likeness (QED) is 0.412. The number of aromatic amines is 1. The van der Waals surface area contributed by atoms with E-state index in [2.05, 4.69) is 20.3 Å². The zero-order valence-corrected chi connectivity index (χ0v) is 17.7. The molecule has 0 spiro atoms. The average molecular weight is 408 g/mol. The van der Waals surface area contributed by atoms with Gasteiger partial charge in [0.2, 0.25) is 6.41 Å². The number of fused-ring (bicyclic) bond motifs is 2. The molecule has 0 aliphatic rings. The summed E-state index contributed by atoms with van der Waals surface area (Å²) in [5, 5.41) is 15.1. The van der Waals surface area contributed by atoms with E-state index in [-0.39, 0.29) is 5.82 Å². The van der Waals surface area contributed by atoms with Gasteiger partial charge in [0.05, 0.1) is 17.0 Å². The van der Waals surface area contributed by atoms with Crippen LogP contribution in [0.3, 0.4) is 0 Å². The predicted octanol–water partition coefficient (Wildman–Crippen LogP) is 5.04. The van der Waals surface area contributed by atoms with Crippen LogP contribution in [0, 0.1) is 19.7 Å². The van der Waals surface area contributed by atoms with Gasteiger partial charge >= 0.3 is 0 Å². The number of H-pyrrole nitrogens is 1. The Kier molecular flexibility index (Phi) is 4.95. The van der Waals surface area contributed by atoms with Crippen LogP contribution < -0.4 is 5.32 Å². The molecule has 0 fully saturated rings. The first kappa shape index (κ1) is 20.3. The number of aromatic nitrogens is 3. The number of anilines is 1. The number of ether oxygens (including phenoxy) is 1. The SMILES string of the molecule is Cc1nc2ncc(-c3c[nH]c4cc(F)ccc34)cc2c(C)c1NC(O)OC(C)(C)C. The Labute approximate surface area is 174 Å². The Hall–Kier alpha value is -3.03. The number of hydrogen-bond acceptors (Lipinski definition) is 5. The zero-order valence-electron chi connectivity index (χ0n) is 17.7. The molecule has 0 radical (unpaired) electrons. The standard InChI is InChI=1S/C23H25FN4O2/c1-12-17-8-14(18-11-25-19-9-15(24)6-7-16(18)19)10-26-21(17)27-13(2)20(12)28-22(29)30-23(3,4)5/h6-11,22,25,28-29H,1-5H3. The maximum atomic E-state index is 13.5. The fourth-order valence-corrected chi connectivity index (χ4v) is 3.63. The Morgan fingerprint density at radius 2 is 1.93 bits per heavy atom. The molecule has 4 aromatic rings. The van der Waals surface area contributed by atoms with Crippen molar-refractivity contribution in [2.75, 3.05) is 5.32 Å². The minimum Gasteiger partial charge on any atom is -0.360 e. The number of nitrogens with one attached hydrogen (secondary N) is 2. The number of aliphatic hydroxyl groups is 1. The minimum absolute atomic E-state index is 0.283. The van der Waals surface area contributed by atoms with Gasteiger partial charge in [-0.05, 0) is 64.4 Å². The molecule has 30 heavy (non-hydrogen) atoms. The van der Waals surface area contributed by atoms with Crippen molar-refractivity contribution in [3.05, 3.63) is 53.7 Å². The van der Waals surface area contributed by atoms with E-state index in [1.54, 1.807) is 12.3 Å².